The number of aromatic nitrogens is 2. The molecule has 8 heteroatoms. The Morgan fingerprint density at radius 2 is 2.23 bits per heavy atom. The van der Waals surface area contributed by atoms with Crippen LogP contribution in [0, 0.1) is 12.8 Å². The highest BCUT2D eigenvalue weighted by Crippen LogP contribution is 2.36. The highest BCUT2D eigenvalue weighted by molar-refractivity contribution is 6.30. The molecule has 2 aliphatic heterocycles. The summed E-state index contributed by atoms with van der Waals surface area (Å²) in [6, 6.07) is 5.23. The molecule has 3 atom stereocenters. The van der Waals surface area contributed by atoms with Crippen molar-refractivity contribution in [3.63, 3.8) is 0 Å². The number of halogens is 1. The first-order valence-corrected chi connectivity index (χ1v) is 8.97. The Hall–Kier alpha value is -2.12. The van der Waals surface area contributed by atoms with E-state index in [0.29, 0.717) is 42.8 Å². The molecule has 0 radical (unpaired) electrons. The van der Waals surface area contributed by atoms with Gasteiger partial charge >= 0.3 is 0 Å². The number of carbonyl (C=O) groups excluding carboxylic acids is 1. The van der Waals surface area contributed by atoms with Gasteiger partial charge in [-0.3, -0.25) is 4.79 Å². The van der Waals surface area contributed by atoms with Gasteiger partial charge in [0.1, 0.15) is 18.4 Å². The summed E-state index contributed by atoms with van der Waals surface area (Å²) >= 11 is 6.08. The molecule has 0 aliphatic carbocycles. The van der Waals surface area contributed by atoms with E-state index in [9.17, 15) is 4.79 Å². The zero-order chi connectivity index (χ0) is 18.3. The van der Waals surface area contributed by atoms with Crippen molar-refractivity contribution >= 4 is 17.5 Å². The minimum atomic E-state index is -0.275. The van der Waals surface area contributed by atoms with Crippen LogP contribution in [0.4, 0.5) is 0 Å². The standard InChI is InChI=1S/C18H20ClN3O4/c1-10-20-21-17(26-10)15-7-14(24-2)8-22(15)18(23)12-5-11-6-13(19)3-4-16(11)25-9-12/h3-4,6,12,14-15H,5,7-9H2,1-2H3/t12?,14-,15-/m1/s1. The third kappa shape index (κ3) is 3.17. The molecule has 26 heavy (non-hydrogen) atoms. The first-order valence-electron chi connectivity index (χ1n) is 8.59. The average molecular weight is 378 g/mol. The third-order valence-electron chi connectivity index (χ3n) is 4.98. The van der Waals surface area contributed by atoms with Crippen LogP contribution in [0.5, 0.6) is 5.75 Å². The van der Waals surface area contributed by atoms with Crippen LogP contribution in [0.2, 0.25) is 5.02 Å². The Labute approximate surface area is 156 Å². The van der Waals surface area contributed by atoms with Gasteiger partial charge in [0, 0.05) is 32.0 Å². The number of carbonyl (C=O) groups is 1. The summed E-state index contributed by atoms with van der Waals surface area (Å²) in [5.41, 5.74) is 0.953. The van der Waals surface area contributed by atoms with Crippen molar-refractivity contribution in [1.29, 1.82) is 0 Å². The largest absolute Gasteiger partial charge is 0.492 e. The van der Waals surface area contributed by atoms with Gasteiger partial charge < -0.3 is 18.8 Å². The fourth-order valence-corrected chi connectivity index (χ4v) is 3.84. The average Bonchev–Trinajstić information content (AvgIpc) is 3.26. The molecule has 2 aromatic rings. The van der Waals surface area contributed by atoms with Gasteiger partial charge in [0.25, 0.3) is 0 Å². The molecular weight excluding hydrogens is 358 g/mol. The SMILES string of the molecule is CO[C@@H]1C[C@H](c2nnc(C)o2)N(C(=O)C2COc3ccc(Cl)cc3C2)C1. The van der Waals surface area contributed by atoms with E-state index in [1.54, 1.807) is 25.0 Å². The number of hydrogen-bond donors (Lipinski definition) is 0. The van der Waals surface area contributed by atoms with Gasteiger partial charge in [-0.1, -0.05) is 11.6 Å². The van der Waals surface area contributed by atoms with E-state index < -0.39 is 0 Å². The fraction of sp³-hybridized carbons (Fsp3) is 0.500. The lowest BCUT2D eigenvalue weighted by atomic mass is 9.95. The van der Waals surface area contributed by atoms with Gasteiger partial charge in [0.15, 0.2) is 0 Å². The number of nitrogens with zero attached hydrogens (tertiary/aromatic N) is 3. The van der Waals surface area contributed by atoms with Crippen LogP contribution in [-0.2, 0) is 16.0 Å². The molecule has 1 aromatic heterocycles. The maximum absolute atomic E-state index is 13.2. The Morgan fingerprint density at radius 1 is 1.38 bits per heavy atom. The van der Waals surface area contributed by atoms with Gasteiger partial charge in [0.05, 0.1) is 12.0 Å². The summed E-state index contributed by atoms with van der Waals surface area (Å²) < 4.78 is 16.8. The summed E-state index contributed by atoms with van der Waals surface area (Å²) in [4.78, 5) is 15.0. The molecule has 1 saturated heterocycles. The fourth-order valence-electron chi connectivity index (χ4n) is 3.65. The highest BCUT2D eigenvalue weighted by Gasteiger charge is 2.42. The van der Waals surface area contributed by atoms with Crippen LogP contribution in [0.3, 0.4) is 0 Å². The number of rotatable bonds is 3. The lowest BCUT2D eigenvalue weighted by Crippen LogP contribution is -2.41. The van der Waals surface area contributed by atoms with Gasteiger partial charge in [-0.2, -0.15) is 0 Å². The highest BCUT2D eigenvalue weighted by atomic mass is 35.5. The predicted octanol–water partition coefficient (Wildman–Crippen LogP) is 2.57. The summed E-state index contributed by atoms with van der Waals surface area (Å²) in [5.74, 6) is 1.46. The van der Waals surface area contributed by atoms with Crippen molar-refractivity contribution in [2.24, 2.45) is 5.92 Å². The first kappa shape index (κ1) is 17.3. The van der Waals surface area contributed by atoms with Crippen LogP contribution in [-0.4, -0.2) is 47.4 Å². The molecule has 1 amide bonds. The maximum atomic E-state index is 13.2. The van der Waals surface area contributed by atoms with E-state index in [4.69, 9.17) is 25.5 Å². The minimum Gasteiger partial charge on any atom is -0.492 e. The van der Waals surface area contributed by atoms with Crippen LogP contribution < -0.4 is 4.74 Å². The number of ether oxygens (including phenoxy) is 2. The second-order valence-electron chi connectivity index (χ2n) is 6.72. The van der Waals surface area contributed by atoms with E-state index in [2.05, 4.69) is 10.2 Å². The van der Waals surface area contributed by atoms with Crippen molar-refractivity contribution in [2.75, 3.05) is 20.3 Å². The predicted molar refractivity (Wildman–Crippen MR) is 93.0 cm³/mol. The molecule has 138 valence electrons. The topological polar surface area (TPSA) is 77.7 Å². The molecule has 1 fully saturated rings. The Kier molecular flexibility index (Phi) is 4.58. The maximum Gasteiger partial charge on any atom is 0.239 e. The van der Waals surface area contributed by atoms with Crippen LogP contribution in [0.1, 0.15) is 29.8 Å². The zero-order valence-corrected chi connectivity index (χ0v) is 15.4. The molecule has 1 unspecified atom stereocenters. The van der Waals surface area contributed by atoms with Crippen LogP contribution in [0.25, 0.3) is 0 Å². The summed E-state index contributed by atoms with van der Waals surface area (Å²) in [6.45, 7) is 2.58. The van der Waals surface area contributed by atoms with Crippen molar-refractivity contribution in [3.05, 3.63) is 40.6 Å². The molecular formula is C18H20ClN3O4. The smallest absolute Gasteiger partial charge is 0.239 e. The molecule has 7 nitrogen and oxygen atoms in total. The molecule has 0 saturated carbocycles. The van der Waals surface area contributed by atoms with Crippen molar-refractivity contribution in [1.82, 2.24) is 15.1 Å². The molecule has 0 N–H and O–H groups in total. The molecule has 1 aromatic carbocycles. The number of amides is 1. The number of fused-ring (bicyclic) bond motifs is 1. The molecule has 0 bridgehead atoms. The lowest BCUT2D eigenvalue weighted by molar-refractivity contribution is -0.138. The van der Waals surface area contributed by atoms with E-state index >= 15 is 0 Å². The van der Waals surface area contributed by atoms with Crippen molar-refractivity contribution in [2.45, 2.75) is 31.9 Å². The van der Waals surface area contributed by atoms with E-state index in [-0.39, 0.29) is 24.0 Å². The second kappa shape index (κ2) is 6.89. The van der Waals surface area contributed by atoms with Crippen LogP contribution >= 0.6 is 11.6 Å². The molecule has 3 heterocycles. The van der Waals surface area contributed by atoms with Gasteiger partial charge in [-0.15, -0.1) is 10.2 Å². The number of hydrogen-bond acceptors (Lipinski definition) is 6. The number of benzene rings is 1. The third-order valence-corrected chi connectivity index (χ3v) is 5.22. The molecule has 0 spiro atoms. The van der Waals surface area contributed by atoms with Crippen molar-refractivity contribution < 1.29 is 18.7 Å². The van der Waals surface area contributed by atoms with Crippen molar-refractivity contribution in [3.8, 4) is 5.75 Å². The Bertz CT molecular complexity index is 825. The van der Waals surface area contributed by atoms with E-state index in [1.165, 1.54) is 0 Å². The van der Waals surface area contributed by atoms with Gasteiger partial charge in [0.2, 0.25) is 17.7 Å². The normalized spacial score (nSPS) is 25.0. The lowest BCUT2D eigenvalue weighted by Gasteiger charge is -2.30. The van der Waals surface area contributed by atoms with E-state index in [1.807, 2.05) is 12.1 Å². The quantitative estimate of drug-likeness (QED) is 0.818. The summed E-state index contributed by atoms with van der Waals surface area (Å²) in [6.07, 6.45) is 1.18. The Morgan fingerprint density at radius 3 is 2.96 bits per heavy atom. The Balaban J connectivity index is 1.56. The van der Waals surface area contributed by atoms with E-state index in [0.717, 1.165) is 11.3 Å². The van der Waals surface area contributed by atoms with Gasteiger partial charge in [-0.25, -0.2) is 0 Å². The minimum absolute atomic E-state index is 0.0102. The number of methoxy groups -OCH3 is 1. The monoisotopic (exact) mass is 377 g/mol. The molecule has 2 aliphatic rings. The summed E-state index contributed by atoms with van der Waals surface area (Å²) in [7, 11) is 1.65. The van der Waals surface area contributed by atoms with Crippen LogP contribution in [0.15, 0.2) is 22.6 Å². The molecule has 4 rings (SSSR count). The van der Waals surface area contributed by atoms with Gasteiger partial charge in [-0.05, 0) is 30.2 Å². The first-order chi connectivity index (χ1) is 12.5. The number of likely N-dealkylation sites (tertiary alicyclic amines) is 1. The summed E-state index contributed by atoms with van der Waals surface area (Å²) in [5, 5.41) is 8.64. The number of aryl methyl sites for hydroxylation is 1. The second-order valence-corrected chi connectivity index (χ2v) is 7.16. The zero-order valence-electron chi connectivity index (χ0n) is 14.6.